The molecule has 0 spiro atoms. The lowest BCUT2D eigenvalue weighted by molar-refractivity contribution is 0.202. The first-order valence-corrected chi connectivity index (χ1v) is 14.5. The molecule has 0 radical (unpaired) electrons. The van der Waals surface area contributed by atoms with Crippen molar-refractivity contribution >= 4 is 27.5 Å². The first-order valence-electron chi connectivity index (χ1n) is 13.7. The number of anilines is 1. The number of fused-ring (bicyclic) bond motifs is 1. The quantitative estimate of drug-likeness (QED) is 0.229. The van der Waals surface area contributed by atoms with Gasteiger partial charge in [-0.15, -0.1) is 10.2 Å². The van der Waals surface area contributed by atoms with Gasteiger partial charge in [0.1, 0.15) is 11.6 Å². The molecule has 9 heteroatoms. The van der Waals surface area contributed by atoms with Crippen molar-refractivity contribution in [3.8, 4) is 33.0 Å². The van der Waals surface area contributed by atoms with Gasteiger partial charge >= 0.3 is 0 Å². The van der Waals surface area contributed by atoms with Crippen molar-refractivity contribution in [1.82, 2.24) is 30.0 Å². The van der Waals surface area contributed by atoms with Gasteiger partial charge in [-0.2, -0.15) is 0 Å². The number of imidazole rings is 1. The summed E-state index contributed by atoms with van der Waals surface area (Å²) in [6.45, 7) is 2.89. The largest absolute Gasteiger partial charge is 0.374 e. The fraction of sp³-hybridized carbons (Fsp3) is 0.188. The summed E-state index contributed by atoms with van der Waals surface area (Å²) in [4.78, 5) is 15.4. The molecule has 1 fully saturated rings. The highest BCUT2D eigenvalue weighted by Crippen LogP contribution is 2.35. The predicted octanol–water partition coefficient (Wildman–Crippen LogP) is 6.91. The molecule has 3 aromatic carbocycles. The van der Waals surface area contributed by atoms with Crippen LogP contribution in [0.5, 0.6) is 0 Å². The van der Waals surface area contributed by atoms with Crippen molar-refractivity contribution in [2.24, 2.45) is 0 Å². The van der Waals surface area contributed by atoms with Gasteiger partial charge in [0.2, 0.25) is 5.13 Å². The molecule has 204 valence electrons. The third-order valence-electron chi connectivity index (χ3n) is 7.73. The van der Waals surface area contributed by atoms with Gasteiger partial charge in [0.15, 0.2) is 5.01 Å². The Morgan fingerprint density at radius 1 is 0.902 bits per heavy atom. The SMILES string of the molecule is Nc1nnc(-c2cnc(-c3ccc(CN4CCC(c5nc6ccc(F)cc6[nH]5)CC4)cc3)c(-c3ccccc3)c2)s1. The Morgan fingerprint density at radius 3 is 2.46 bits per heavy atom. The van der Waals surface area contributed by atoms with Crippen molar-refractivity contribution in [3.63, 3.8) is 0 Å². The Morgan fingerprint density at radius 2 is 1.71 bits per heavy atom. The summed E-state index contributed by atoms with van der Waals surface area (Å²) in [6, 6.07) is 25.8. The second-order valence-electron chi connectivity index (χ2n) is 10.5. The lowest BCUT2D eigenvalue weighted by atomic mass is 9.95. The van der Waals surface area contributed by atoms with Crippen molar-refractivity contribution in [2.45, 2.75) is 25.3 Å². The number of H-pyrrole nitrogens is 1. The molecule has 0 unspecified atom stereocenters. The number of nitrogens with two attached hydrogens (primary N) is 1. The maximum atomic E-state index is 13.6. The van der Waals surface area contributed by atoms with Crippen LogP contribution in [0.2, 0.25) is 0 Å². The Kier molecular flexibility index (Phi) is 6.74. The molecular weight excluding hydrogens is 533 g/mol. The zero-order valence-electron chi connectivity index (χ0n) is 22.3. The van der Waals surface area contributed by atoms with E-state index in [-0.39, 0.29) is 5.82 Å². The summed E-state index contributed by atoms with van der Waals surface area (Å²) in [5, 5.41) is 9.36. The van der Waals surface area contributed by atoms with Crippen LogP contribution in [0.3, 0.4) is 0 Å². The van der Waals surface area contributed by atoms with Crippen molar-refractivity contribution in [1.29, 1.82) is 0 Å². The third-order valence-corrected chi connectivity index (χ3v) is 8.53. The number of likely N-dealkylation sites (tertiary alicyclic amines) is 1. The molecule has 1 aliphatic heterocycles. The van der Waals surface area contributed by atoms with Crippen LogP contribution in [-0.4, -0.2) is 43.1 Å². The number of nitrogens with zero attached hydrogens (tertiary/aromatic N) is 5. The first-order chi connectivity index (χ1) is 20.1. The molecule has 0 amide bonds. The molecule has 0 saturated carbocycles. The molecule has 0 aliphatic carbocycles. The number of hydrogen-bond acceptors (Lipinski definition) is 7. The van der Waals surface area contributed by atoms with Gasteiger partial charge in [0.05, 0.1) is 16.7 Å². The number of aromatic nitrogens is 5. The summed E-state index contributed by atoms with van der Waals surface area (Å²) >= 11 is 1.36. The van der Waals surface area contributed by atoms with Gasteiger partial charge in [-0.25, -0.2) is 9.37 Å². The predicted molar refractivity (Wildman–Crippen MR) is 162 cm³/mol. The summed E-state index contributed by atoms with van der Waals surface area (Å²) in [5.74, 6) is 1.10. The molecule has 41 heavy (non-hydrogen) atoms. The maximum Gasteiger partial charge on any atom is 0.203 e. The van der Waals surface area contributed by atoms with Crippen molar-refractivity contribution in [3.05, 3.63) is 102 Å². The van der Waals surface area contributed by atoms with Gasteiger partial charge < -0.3 is 10.7 Å². The van der Waals surface area contributed by atoms with Crippen LogP contribution in [0.15, 0.2) is 85.1 Å². The fourth-order valence-electron chi connectivity index (χ4n) is 5.59. The number of rotatable bonds is 6. The molecule has 1 saturated heterocycles. The summed E-state index contributed by atoms with van der Waals surface area (Å²) in [7, 11) is 0. The zero-order chi connectivity index (χ0) is 27.8. The number of nitrogens with one attached hydrogen (secondary N) is 1. The Bertz CT molecular complexity index is 1810. The van der Waals surface area contributed by atoms with E-state index < -0.39 is 0 Å². The Balaban J connectivity index is 1.06. The minimum atomic E-state index is -0.239. The number of hydrogen-bond donors (Lipinski definition) is 2. The molecule has 3 N–H and O–H groups in total. The van der Waals surface area contributed by atoms with E-state index in [0.29, 0.717) is 11.0 Å². The molecule has 4 heterocycles. The van der Waals surface area contributed by atoms with E-state index in [1.165, 1.54) is 29.0 Å². The standard InChI is InChI=1S/C32H28FN7S/c33-25-10-11-27-28(17-25)37-30(36-27)23-12-14-40(15-13-23)19-20-6-8-22(9-7-20)29-26(21-4-2-1-3-5-21)16-24(18-35-29)31-38-39-32(34)41-31/h1-11,16-18,23H,12-15,19H2,(H2,34,39)(H,36,37). The number of nitrogen functional groups attached to an aromatic ring is 1. The number of halogens is 1. The summed E-state index contributed by atoms with van der Waals surface area (Å²) < 4.78 is 13.6. The second kappa shape index (κ2) is 10.8. The van der Waals surface area contributed by atoms with Gasteiger partial charge in [-0.1, -0.05) is 65.9 Å². The number of pyridine rings is 1. The minimum Gasteiger partial charge on any atom is -0.374 e. The van der Waals surface area contributed by atoms with Crippen LogP contribution in [0.4, 0.5) is 9.52 Å². The van der Waals surface area contributed by atoms with E-state index in [2.05, 4.69) is 62.5 Å². The highest BCUT2D eigenvalue weighted by atomic mass is 32.1. The maximum absolute atomic E-state index is 13.6. The second-order valence-corrected chi connectivity index (χ2v) is 11.5. The number of benzene rings is 3. The average Bonchev–Trinajstić information content (AvgIpc) is 3.64. The average molecular weight is 562 g/mol. The molecule has 0 bridgehead atoms. The fourth-order valence-corrected chi connectivity index (χ4v) is 6.18. The normalized spacial score (nSPS) is 14.6. The van der Waals surface area contributed by atoms with Crippen LogP contribution in [0, 0.1) is 5.82 Å². The van der Waals surface area contributed by atoms with Crippen LogP contribution in [-0.2, 0) is 6.54 Å². The smallest absolute Gasteiger partial charge is 0.203 e. The molecule has 3 aromatic heterocycles. The van der Waals surface area contributed by atoms with E-state index in [1.54, 1.807) is 6.07 Å². The van der Waals surface area contributed by atoms with E-state index in [4.69, 9.17) is 15.7 Å². The minimum absolute atomic E-state index is 0.239. The lowest BCUT2D eigenvalue weighted by Crippen LogP contribution is -2.32. The first kappa shape index (κ1) is 25.5. The molecule has 0 atom stereocenters. The van der Waals surface area contributed by atoms with Crippen LogP contribution in [0.1, 0.15) is 30.1 Å². The number of aromatic amines is 1. The zero-order valence-corrected chi connectivity index (χ0v) is 23.1. The Labute approximate surface area is 240 Å². The molecule has 6 aromatic rings. The van der Waals surface area contributed by atoms with Crippen molar-refractivity contribution < 1.29 is 4.39 Å². The van der Waals surface area contributed by atoms with E-state index >= 15 is 0 Å². The van der Waals surface area contributed by atoms with Crippen molar-refractivity contribution in [2.75, 3.05) is 18.8 Å². The monoisotopic (exact) mass is 561 g/mol. The molecule has 7 rings (SSSR count). The van der Waals surface area contributed by atoms with Crippen LogP contribution >= 0.6 is 11.3 Å². The lowest BCUT2D eigenvalue weighted by Gasteiger charge is -2.31. The highest BCUT2D eigenvalue weighted by Gasteiger charge is 2.23. The summed E-state index contributed by atoms with van der Waals surface area (Å²) in [5.41, 5.74) is 13.7. The van der Waals surface area contributed by atoms with Gasteiger partial charge in [-0.3, -0.25) is 9.88 Å². The summed E-state index contributed by atoms with van der Waals surface area (Å²) in [6.07, 6.45) is 3.90. The number of piperidine rings is 1. The highest BCUT2D eigenvalue weighted by molar-refractivity contribution is 7.18. The van der Waals surface area contributed by atoms with Gasteiger partial charge in [0, 0.05) is 35.3 Å². The van der Waals surface area contributed by atoms with E-state index in [1.807, 2.05) is 24.4 Å². The topological polar surface area (TPSA) is 96.6 Å². The van der Waals surface area contributed by atoms with Crippen LogP contribution in [0.25, 0.3) is 44.0 Å². The molecular formula is C32H28FN7S. The van der Waals surface area contributed by atoms with E-state index in [9.17, 15) is 4.39 Å². The van der Waals surface area contributed by atoms with Gasteiger partial charge in [0.25, 0.3) is 0 Å². The molecule has 7 nitrogen and oxygen atoms in total. The van der Waals surface area contributed by atoms with Crippen LogP contribution < -0.4 is 5.73 Å². The third kappa shape index (κ3) is 5.33. The van der Waals surface area contributed by atoms with E-state index in [0.717, 1.165) is 82.3 Å². The van der Waals surface area contributed by atoms with Gasteiger partial charge in [-0.05, 0) is 61.3 Å². The Hall–Kier alpha value is -4.47. The molecule has 1 aliphatic rings.